The molecule has 0 saturated carbocycles. The highest BCUT2D eigenvalue weighted by Crippen LogP contribution is 2.07. The first-order chi connectivity index (χ1) is 9.77. The molecular formula is C17H28N2O. The summed E-state index contributed by atoms with van der Waals surface area (Å²) in [6, 6.07) is 10.3. The monoisotopic (exact) mass is 276 g/mol. The molecule has 0 aromatic heterocycles. The van der Waals surface area contributed by atoms with E-state index >= 15 is 0 Å². The Morgan fingerprint density at radius 3 is 2.45 bits per heavy atom. The van der Waals surface area contributed by atoms with E-state index in [1.54, 1.807) is 0 Å². The molecule has 0 aliphatic carbocycles. The third-order valence-electron chi connectivity index (χ3n) is 3.59. The average molecular weight is 276 g/mol. The van der Waals surface area contributed by atoms with E-state index in [0.717, 1.165) is 51.7 Å². The Kier molecular flexibility index (Phi) is 8.72. The Morgan fingerprint density at radius 1 is 1.10 bits per heavy atom. The maximum Gasteiger partial charge on any atom is 0.222 e. The van der Waals surface area contributed by atoms with Gasteiger partial charge in [0.15, 0.2) is 0 Å². The van der Waals surface area contributed by atoms with E-state index in [0.29, 0.717) is 6.42 Å². The number of hydrogen-bond donors (Lipinski definition) is 1. The van der Waals surface area contributed by atoms with Crippen molar-refractivity contribution in [3.8, 4) is 0 Å². The van der Waals surface area contributed by atoms with Crippen molar-refractivity contribution in [2.24, 2.45) is 5.73 Å². The molecule has 3 nitrogen and oxygen atoms in total. The molecule has 0 fully saturated rings. The lowest BCUT2D eigenvalue weighted by Crippen LogP contribution is -2.32. The number of carbonyl (C=O) groups is 1. The highest BCUT2D eigenvalue weighted by atomic mass is 16.2. The van der Waals surface area contributed by atoms with Gasteiger partial charge >= 0.3 is 0 Å². The first-order valence-electron chi connectivity index (χ1n) is 7.79. The highest BCUT2D eigenvalue weighted by Gasteiger charge is 2.10. The minimum absolute atomic E-state index is 0.288. The van der Waals surface area contributed by atoms with E-state index in [9.17, 15) is 4.79 Å². The van der Waals surface area contributed by atoms with Crippen LogP contribution in [-0.2, 0) is 11.2 Å². The standard InChI is InChI=1S/C17H28N2O/c1-2-19(15-13-16-10-6-5-7-11-16)17(20)12-8-3-4-9-14-18/h5-7,10-11H,2-4,8-9,12-15,18H2,1H3. The fourth-order valence-electron chi connectivity index (χ4n) is 2.30. The van der Waals surface area contributed by atoms with Crippen LogP contribution < -0.4 is 5.73 Å². The van der Waals surface area contributed by atoms with Crippen LogP contribution in [0.2, 0.25) is 0 Å². The SMILES string of the molecule is CCN(CCc1ccccc1)C(=O)CCCCCCN. The van der Waals surface area contributed by atoms with Gasteiger partial charge in [0.05, 0.1) is 0 Å². The van der Waals surface area contributed by atoms with E-state index in [2.05, 4.69) is 19.1 Å². The molecule has 0 aliphatic rings. The van der Waals surface area contributed by atoms with E-state index in [-0.39, 0.29) is 5.91 Å². The second kappa shape index (κ2) is 10.4. The predicted molar refractivity (Wildman–Crippen MR) is 84.5 cm³/mol. The van der Waals surface area contributed by atoms with Crippen LogP contribution in [0.3, 0.4) is 0 Å². The molecule has 1 aromatic rings. The van der Waals surface area contributed by atoms with Crippen LogP contribution in [0.15, 0.2) is 30.3 Å². The summed E-state index contributed by atoms with van der Waals surface area (Å²) in [6.45, 7) is 4.43. The zero-order valence-electron chi connectivity index (χ0n) is 12.7. The number of nitrogens with zero attached hydrogens (tertiary/aromatic N) is 1. The van der Waals surface area contributed by atoms with Gasteiger partial charge in [-0.3, -0.25) is 4.79 Å². The fraction of sp³-hybridized carbons (Fsp3) is 0.588. The highest BCUT2D eigenvalue weighted by molar-refractivity contribution is 5.76. The molecule has 0 bridgehead atoms. The van der Waals surface area contributed by atoms with Crippen molar-refractivity contribution >= 4 is 5.91 Å². The van der Waals surface area contributed by atoms with Crippen LogP contribution in [0.4, 0.5) is 0 Å². The predicted octanol–water partition coefficient (Wildman–Crippen LogP) is 2.99. The molecule has 1 aromatic carbocycles. The second-order valence-corrected chi connectivity index (χ2v) is 5.16. The first kappa shape index (κ1) is 16.7. The number of benzene rings is 1. The van der Waals surface area contributed by atoms with Gasteiger partial charge < -0.3 is 10.6 Å². The van der Waals surface area contributed by atoms with E-state index < -0.39 is 0 Å². The van der Waals surface area contributed by atoms with E-state index in [1.165, 1.54) is 5.56 Å². The lowest BCUT2D eigenvalue weighted by Gasteiger charge is -2.21. The molecule has 2 N–H and O–H groups in total. The van der Waals surface area contributed by atoms with Crippen molar-refractivity contribution in [3.63, 3.8) is 0 Å². The summed E-state index contributed by atoms with van der Waals surface area (Å²) >= 11 is 0. The second-order valence-electron chi connectivity index (χ2n) is 5.16. The van der Waals surface area contributed by atoms with Gasteiger partial charge in [0.25, 0.3) is 0 Å². The fourth-order valence-corrected chi connectivity index (χ4v) is 2.30. The summed E-state index contributed by atoms with van der Waals surface area (Å²) in [6.07, 6.45) is 5.92. The van der Waals surface area contributed by atoms with Crippen molar-refractivity contribution in [2.45, 2.75) is 45.4 Å². The van der Waals surface area contributed by atoms with Gasteiger partial charge in [0.1, 0.15) is 0 Å². The molecule has 0 unspecified atom stereocenters. The van der Waals surface area contributed by atoms with Gasteiger partial charge in [-0.25, -0.2) is 0 Å². The number of hydrogen-bond acceptors (Lipinski definition) is 2. The molecule has 20 heavy (non-hydrogen) atoms. The Balaban J connectivity index is 2.25. The number of nitrogens with two attached hydrogens (primary N) is 1. The number of amides is 1. The topological polar surface area (TPSA) is 46.3 Å². The number of likely N-dealkylation sites (N-methyl/N-ethyl adjacent to an activating group) is 1. The smallest absolute Gasteiger partial charge is 0.222 e. The van der Waals surface area contributed by atoms with Gasteiger partial charge in [-0.15, -0.1) is 0 Å². The van der Waals surface area contributed by atoms with Crippen molar-refractivity contribution in [2.75, 3.05) is 19.6 Å². The molecule has 0 radical (unpaired) electrons. The van der Waals surface area contributed by atoms with E-state index in [1.807, 2.05) is 23.1 Å². The van der Waals surface area contributed by atoms with Gasteiger partial charge in [-0.05, 0) is 38.3 Å². The van der Waals surface area contributed by atoms with Gasteiger partial charge in [-0.2, -0.15) is 0 Å². The largest absolute Gasteiger partial charge is 0.343 e. The van der Waals surface area contributed by atoms with Gasteiger partial charge in [0, 0.05) is 19.5 Å². The molecule has 1 rings (SSSR count). The summed E-state index contributed by atoms with van der Waals surface area (Å²) in [7, 11) is 0. The van der Waals surface area contributed by atoms with Crippen LogP contribution in [0.5, 0.6) is 0 Å². The Bertz CT molecular complexity index is 365. The zero-order valence-corrected chi connectivity index (χ0v) is 12.7. The van der Waals surface area contributed by atoms with Crippen molar-refractivity contribution in [3.05, 3.63) is 35.9 Å². The number of rotatable bonds is 10. The summed E-state index contributed by atoms with van der Waals surface area (Å²) in [5.41, 5.74) is 6.75. The summed E-state index contributed by atoms with van der Waals surface area (Å²) in [4.78, 5) is 14.1. The van der Waals surface area contributed by atoms with Gasteiger partial charge in [-0.1, -0.05) is 43.2 Å². The summed E-state index contributed by atoms with van der Waals surface area (Å²) in [5, 5.41) is 0. The normalized spacial score (nSPS) is 10.5. The molecule has 112 valence electrons. The minimum Gasteiger partial charge on any atom is -0.343 e. The average Bonchev–Trinajstić information content (AvgIpc) is 2.48. The summed E-state index contributed by atoms with van der Waals surface area (Å²) in [5.74, 6) is 0.288. The van der Waals surface area contributed by atoms with Crippen molar-refractivity contribution in [1.29, 1.82) is 0 Å². The Morgan fingerprint density at radius 2 is 1.80 bits per heavy atom. The van der Waals surface area contributed by atoms with Crippen molar-refractivity contribution < 1.29 is 4.79 Å². The lowest BCUT2D eigenvalue weighted by atomic mass is 10.1. The number of carbonyl (C=O) groups excluding carboxylic acids is 1. The van der Waals surface area contributed by atoms with Crippen LogP contribution in [-0.4, -0.2) is 30.4 Å². The lowest BCUT2D eigenvalue weighted by molar-refractivity contribution is -0.131. The Hall–Kier alpha value is -1.35. The van der Waals surface area contributed by atoms with Crippen molar-refractivity contribution in [1.82, 2.24) is 4.90 Å². The third kappa shape index (κ3) is 6.71. The molecule has 0 atom stereocenters. The van der Waals surface area contributed by atoms with Crippen LogP contribution in [0.25, 0.3) is 0 Å². The molecule has 3 heteroatoms. The van der Waals surface area contributed by atoms with Crippen LogP contribution in [0.1, 0.15) is 44.6 Å². The quantitative estimate of drug-likeness (QED) is 0.668. The molecule has 0 spiro atoms. The first-order valence-corrected chi connectivity index (χ1v) is 7.79. The molecule has 0 saturated heterocycles. The minimum atomic E-state index is 0.288. The zero-order chi connectivity index (χ0) is 14.6. The third-order valence-corrected chi connectivity index (χ3v) is 3.59. The van der Waals surface area contributed by atoms with Gasteiger partial charge in [0.2, 0.25) is 5.91 Å². The Labute approximate surface area is 123 Å². The molecule has 1 amide bonds. The molecular weight excluding hydrogens is 248 g/mol. The number of unbranched alkanes of at least 4 members (excludes halogenated alkanes) is 3. The maximum atomic E-state index is 12.1. The van der Waals surface area contributed by atoms with Crippen LogP contribution >= 0.6 is 0 Å². The van der Waals surface area contributed by atoms with E-state index in [4.69, 9.17) is 5.73 Å². The summed E-state index contributed by atoms with van der Waals surface area (Å²) < 4.78 is 0. The molecule has 0 heterocycles. The molecule has 0 aliphatic heterocycles. The maximum absolute atomic E-state index is 12.1. The van der Waals surface area contributed by atoms with Crippen LogP contribution in [0, 0.1) is 0 Å².